The molecule has 10 nitrogen and oxygen atoms in total. The number of nitrogens with one attached hydrogen (secondary N) is 2. The summed E-state index contributed by atoms with van der Waals surface area (Å²) in [7, 11) is -3.71. The lowest BCUT2D eigenvalue weighted by molar-refractivity contribution is -0.130. The third-order valence-electron chi connectivity index (χ3n) is 6.43. The molecule has 0 spiro atoms. The van der Waals surface area contributed by atoms with Crippen LogP contribution in [0.4, 0.5) is 11.4 Å². The fraction of sp³-hybridized carbons (Fsp3) is 0.167. The number of benzene rings is 3. The van der Waals surface area contributed by atoms with E-state index in [1.165, 1.54) is 25.3 Å². The molecule has 1 aliphatic heterocycles. The van der Waals surface area contributed by atoms with Gasteiger partial charge in [-0.05, 0) is 60.8 Å². The van der Waals surface area contributed by atoms with Gasteiger partial charge in [0.15, 0.2) is 0 Å². The van der Waals surface area contributed by atoms with Crippen LogP contribution in [0, 0.1) is 0 Å². The van der Waals surface area contributed by atoms with Crippen molar-refractivity contribution in [3.63, 3.8) is 0 Å². The monoisotopic (exact) mass is 572 g/mol. The standard InChI is InChI=1S/C30H32N6O4S/c1-22(32-26-12-10-25(11-13-26)30(38)36-20-18-35(19-21-36)23(2)37)33-29(16-17-31)24-8-14-27(15-9-24)34-41(39,40)28-6-4-3-5-7-28/h3-17,32,34H,1,18-21,31H2,2H3/b17-16-,33-29+. The van der Waals surface area contributed by atoms with Gasteiger partial charge >= 0.3 is 0 Å². The van der Waals surface area contributed by atoms with E-state index in [2.05, 4.69) is 21.6 Å². The highest BCUT2D eigenvalue weighted by atomic mass is 32.2. The number of anilines is 2. The highest BCUT2D eigenvalue weighted by Crippen LogP contribution is 2.19. The number of sulfonamides is 1. The fourth-order valence-electron chi connectivity index (χ4n) is 4.26. The van der Waals surface area contributed by atoms with Gasteiger partial charge < -0.3 is 20.9 Å². The van der Waals surface area contributed by atoms with Gasteiger partial charge in [-0.3, -0.25) is 14.3 Å². The summed E-state index contributed by atoms with van der Waals surface area (Å²) in [5.41, 5.74) is 8.50. The first-order valence-electron chi connectivity index (χ1n) is 12.9. The zero-order valence-corrected chi connectivity index (χ0v) is 23.5. The van der Waals surface area contributed by atoms with E-state index in [-0.39, 0.29) is 16.7 Å². The van der Waals surface area contributed by atoms with E-state index < -0.39 is 10.0 Å². The van der Waals surface area contributed by atoms with E-state index in [4.69, 9.17) is 5.73 Å². The summed E-state index contributed by atoms with van der Waals surface area (Å²) < 4.78 is 27.8. The maximum atomic E-state index is 12.9. The average molecular weight is 573 g/mol. The van der Waals surface area contributed by atoms with E-state index in [0.717, 1.165) is 0 Å². The number of nitrogens with two attached hydrogens (primary N) is 1. The minimum absolute atomic E-state index is 0.0174. The Labute approximate surface area is 239 Å². The number of carbonyl (C=O) groups is 2. The molecule has 4 N–H and O–H groups in total. The number of rotatable bonds is 9. The number of hydrogen-bond acceptors (Lipinski definition) is 7. The van der Waals surface area contributed by atoms with Crippen LogP contribution in [0.15, 0.2) is 113 Å². The second kappa shape index (κ2) is 13.0. The summed E-state index contributed by atoms with van der Waals surface area (Å²) >= 11 is 0. The maximum absolute atomic E-state index is 12.9. The Kier molecular flexibility index (Phi) is 9.20. The van der Waals surface area contributed by atoms with Crippen LogP contribution >= 0.6 is 0 Å². The molecule has 0 unspecified atom stereocenters. The van der Waals surface area contributed by atoms with Crippen molar-refractivity contribution >= 4 is 38.9 Å². The Hall–Kier alpha value is -4.90. The molecule has 0 bridgehead atoms. The summed E-state index contributed by atoms with van der Waals surface area (Å²) in [4.78, 5) is 32.6. The van der Waals surface area contributed by atoms with E-state index in [1.54, 1.807) is 82.6 Å². The van der Waals surface area contributed by atoms with Gasteiger partial charge in [0, 0.05) is 55.6 Å². The molecule has 0 saturated carbocycles. The Balaban J connectivity index is 1.39. The van der Waals surface area contributed by atoms with Crippen molar-refractivity contribution < 1.29 is 18.0 Å². The molecule has 0 radical (unpaired) electrons. The third-order valence-corrected chi connectivity index (χ3v) is 7.83. The fourth-order valence-corrected chi connectivity index (χ4v) is 5.33. The molecule has 0 atom stereocenters. The van der Waals surface area contributed by atoms with Crippen molar-refractivity contribution in [3.05, 3.63) is 115 Å². The van der Waals surface area contributed by atoms with Crippen molar-refractivity contribution in [2.75, 3.05) is 36.2 Å². The minimum atomic E-state index is -3.71. The van der Waals surface area contributed by atoms with Crippen molar-refractivity contribution in [1.29, 1.82) is 0 Å². The Morgan fingerprint density at radius 1 is 0.854 bits per heavy atom. The second-order valence-corrected chi connectivity index (χ2v) is 11.0. The van der Waals surface area contributed by atoms with Crippen LogP contribution in [0.5, 0.6) is 0 Å². The third kappa shape index (κ3) is 7.61. The molecule has 4 rings (SSSR count). The average Bonchev–Trinajstić information content (AvgIpc) is 2.98. The van der Waals surface area contributed by atoms with Crippen LogP contribution in [-0.2, 0) is 14.8 Å². The molecule has 1 fully saturated rings. The summed E-state index contributed by atoms with van der Waals surface area (Å²) in [6.07, 6.45) is 2.97. The summed E-state index contributed by atoms with van der Waals surface area (Å²) in [6.45, 7) is 7.58. The van der Waals surface area contributed by atoms with Crippen LogP contribution in [0.2, 0.25) is 0 Å². The number of carbonyl (C=O) groups excluding carboxylic acids is 2. The number of hydrogen-bond donors (Lipinski definition) is 3. The lowest BCUT2D eigenvalue weighted by atomic mass is 10.1. The number of amides is 2. The van der Waals surface area contributed by atoms with Gasteiger partial charge in [0.25, 0.3) is 15.9 Å². The van der Waals surface area contributed by atoms with Gasteiger partial charge in [-0.1, -0.05) is 36.9 Å². The first kappa shape index (κ1) is 29.1. The molecular formula is C30H32N6O4S. The van der Waals surface area contributed by atoms with Crippen LogP contribution in [0.25, 0.3) is 0 Å². The first-order valence-corrected chi connectivity index (χ1v) is 14.4. The Morgan fingerprint density at radius 3 is 2.00 bits per heavy atom. The largest absolute Gasteiger partial charge is 0.405 e. The molecule has 1 aliphatic rings. The molecule has 212 valence electrons. The molecular weight excluding hydrogens is 540 g/mol. The lowest BCUT2D eigenvalue weighted by Gasteiger charge is -2.34. The molecule has 0 aliphatic carbocycles. The van der Waals surface area contributed by atoms with Gasteiger partial charge in [-0.25, -0.2) is 13.4 Å². The summed E-state index contributed by atoms with van der Waals surface area (Å²) in [6, 6.07) is 21.9. The molecule has 0 aromatic heterocycles. The summed E-state index contributed by atoms with van der Waals surface area (Å²) in [5, 5.41) is 3.11. The predicted octanol–water partition coefficient (Wildman–Crippen LogP) is 3.64. The maximum Gasteiger partial charge on any atom is 0.261 e. The second-order valence-electron chi connectivity index (χ2n) is 9.30. The minimum Gasteiger partial charge on any atom is -0.405 e. The van der Waals surface area contributed by atoms with E-state index in [0.29, 0.717) is 60.2 Å². The van der Waals surface area contributed by atoms with Gasteiger partial charge in [-0.15, -0.1) is 0 Å². The summed E-state index contributed by atoms with van der Waals surface area (Å²) in [5.74, 6) is 0.275. The van der Waals surface area contributed by atoms with Crippen molar-refractivity contribution in [2.24, 2.45) is 10.7 Å². The van der Waals surface area contributed by atoms with Gasteiger partial charge in [0.2, 0.25) is 5.91 Å². The molecule has 41 heavy (non-hydrogen) atoms. The SMILES string of the molecule is C=C(/N=C(\C=C/N)c1ccc(NS(=O)(=O)c2ccccc2)cc1)Nc1ccc(C(=O)N2CCN(C(C)=O)CC2)cc1. The molecule has 2 amide bonds. The Bertz CT molecular complexity index is 1560. The van der Waals surface area contributed by atoms with Crippen molar-refractivity contribution in [2.45, 2.75) is 11.8 Å². The highest BCUT2D eigenvalue weighted by molar-refractivity contribution is 7.92. The first-order chi connectivity index (χ1) is 19.7. The lowest BCUT2D eigenvalue weighted by Crippen LogP contribution is -2.50. The smallest absolute Gasteiger partial charge is 0.261 e. The van der Waals surface area contributed by atoms with Crippen molar-refractivity contribution in [3.8, 4) is 0 Å². The van der Waals surface area contributed by atoms with Crippen LogP contribution in [-0.4, -0.2) is 61.9 Å². The number of nitrogens with zero attached hydrogens (tertiary/aromatic N) is 3. The van der Waals surface area contributed by atoms with Gasteiger partial charge in [0.1, 0.15) is 5.82 Å². The number of piperazine rings is 1. The van der Waals surface area contributed by atoms with Crippen LogP contribution in [0.1, 0.15) is 22.8 Å². The zero-order chi connectivity index (χ0) is 29.4. The molecule has 1 heterocycles. The molecule has 3 aromatic rings. The van der Waals surface area contributed by atoms with Crippen LogP contribution < -0.4 is 15.8 Å². The van der Waals surface area contributed by atoms with E-state index >= 15 is 0 Å². The quantitative estimate of drug-likeness (QED) is 0.335. The Morgan fingerprint density at radius 2 is 1.41 bits per heavy atom. The molecule has 3 aromatic carbocycles. The highest BCUT2D eigenvalue weighted by Gasteiger charge is 2.23. The van der Waals surface area contributed by atoms with Crippen molar-refractivity contribution in [1.82, 2.24) is 9.80 Å². The van der Waals surface area contributed by atoms with Gasteiger partial charge in [0.05, 0.1) is 10.6 Å². The topological polar surface area (TPSA) is 137 Å². The molecule has 1 saturated heterocycles. The van der Waals surface area contributed by atoms with Crippen LogP contribution in [0.3, 0.4) is 0 Å². The number of allylic oxidation sites excluding steroid dienone is 1. The molecule has 11 heteroatoms. The number of aliphatic imine (C=N–C) groups is 1. The van der Waals surface area contributed by atoms with E-state index in [1.807, 2.05) is 0 Å². The van der Waals surface area contributed by atoms with Gasteiger partial charge in [-0.2, -0.15) is 0 Å². The normalized spacial score (nSPS) is 14.1. The zero-order valence-electron chi connectivity index (χ0n) is 22.7. The van der Waals surface area contributed by atoms with E-state index in [9.17, 15) is 18.0 Å². The predicted molar refractivity (Wildman–Crippen MR) is 161 cm³/mol.